The molecule has 0 bridgehead atoms. The van der Waals surface area contributed by atoms with Crippen molar-refractivity contribution in [3.05, 3.63) is 89.6 Å². The maximum Gasteiger partial charge on any atom is 0.224 e. The lowest BCUT2D eigenvalue weighted by Crippen LogP contribution is -2.38. The standard InChI is InChI=1S/C32H39N3O5S/c1-22-28(21-41-30-12-5-7-18-34-30)39-32(40-31(22)25-15-13-24(20-36)14-16-25)26-9-8-10-27(19-26)35-29(38)11-4-3-6-17-33-23(2)37/h5,7-10,12-16,18-19,22,28,31-32,36H,3-4,6,11,17,20-21H2,1-2H3,(H,33,37)(H,35,38). The molecule has 9 heteroatoms. The minimum absolute atomic E-state index is 0.00792. The van der Waals surface area contributed by atoms with Crippen molar-refractivity contribution in [2.24, 2.45) is 5.92 Å². The maximum atomic E-state index is 12.6. The topological polar surface area (TPSA) is 110 Å². The van der Waals surface area contributed by atoms with Crippen molar-refractivity contribution in [1.82, 2.24) is 10.3 Å². The van der Waals surface area contributed by atoms with E-state index in [0.29, 0.717) is 24.4 Å². The van der Waals surface area contributed by atoms with Crippen LogP contribution in [-0.2, 0) is 25.7 Å². The molecule has 2 aromatic carbocycles. The number of carbonyl (C=O) groups is 2. The third-order valence-corrected chi connectivity index (χ3v) is 8.09. The first kappa shape index (κ1) is 30.7. The van der Waals surface area contributed by atoms with Gasteiger partial charge in [-0.25, -0.2) is 4.98 Å². The number of aromatic nitrogens is 1. The van der Waals surface area contributed by atoms with E-state index in [1.165, 1.54) is 6.92 Å². The van der Waals surface area contributed by atoms with Crippen LogP contribution in [0.5, 0.6) is 0 Å². The van der Waals surface area contributed by atoms with E-state index in [1.54, 1.807) is 18.0 Å². The molecule has 1 fully saturated rings. The summed E-state index contributed by atoms with van der Waals surface area (Å²) in [5, 5.41) is 16.2. The van der Waals surface area contributed by atoms with Gasteiger partial charge < -0.3 is 25.2 Å². The highest BCUT2D eigenvalue weighted by Gasteiger charge is 2.38. The fourth-order valence-electron chi connectivity index (χ4n) is 4.75. The number of hydrogen-bond donors (Lipinski definition) is 3. The molecule has 2 heterocycles. The van der Waals surface area contributed by atoms with Gasteiger partial charge >= 0.3 is 0 Å². The largest absolute Gasteiger partial charge is 0.392 e. The number of rotatable bonds is 13. The summed E-state index contributed by atoms with van der Waals surface area (Å²) >= 11 is 1.65. The first-order chi connectivity index (χ1) is 19.9. The van der Waals surface area contributed by atoms with E-state index in [9.17, 15) is 14.7 Å². The lowest BCUT2D eigenvalue weighted by atomic mass is 9.91. The number of carbonyl (C=O) groups excluding carboxylic acids is 2. The van der Waals surface area contributed by atoms with Crippen molar-refractivity contribution < 1.29 is 24.2 Å². The highest BCUT2D eigenvalue weighted by molar-refractivity contribution is 7.99. The Morgan fingerprint density at radius 3 is 2.54 bits per heavy atom. The summed E-state index contributed by atoms with van der Waals surface area (Å²) in [5.41, 5.74) is 3.40. The van der Waals surface area contributed by atoms with Crippen molar-refractivity contribution >= 4 is 29.3 Å². The van der Waals surface area contributed by atoms with E-state index in [0.717, 1.165) is 41.0 Å². The number of hydrogen-bond acceptors (Lipinski definition) is 7. The van der Waals surface area contributed by atoms with Gasteiger partial charge in [0.05, 0.1) is 23.8 Å². The first-order valence-electron chi connectivity index (χ1n) is 14.1. The summed E-state index contributed by atoms with van der Waals surface area (Å²) in [6, 6.07) is 21.3. The molecule has 8 nitrogen and oxygen atoms in total. The summed E-state index contributed by atoms with van der Waals surface area (Å²) < 4.78 is 13.1. The van der Waals surface area contributed by atoms with Crippen molar-refractivity contribution in [1.29, 1.82) is 0 Å². The van der Waals surface area contributed by atoms with Crippen LogP contribution in [0.2, 0.25) is 0 Å². The SMILES string of the molecule is CC(=O)NCCCCCC(=O)Nc1cccc(C2OC(CSc3ccccn3)C(C)C(c3ccc(CO)cc3)O2)c1. The number of amides is 2. The zero-order chi connectivity index (χ0) is 29.0. The van der Waals surface area contributed by atoms with Gasteiger partial charge in [0.1, 0.15) is 0 Å². The Balaban J connectivity index is 1.43. The van der Waals surface area contributed by atoms with Gasteiger partial charge in [-0.15, -0.1) is 11.8 Å². The van der Waals surface area contributed by atoms with Crippen LogP contribution in [0.3, 0.4) is 0 Å². The zero-order valence-corrected chi connectivity index (χ0v) is 24.4. The molecule has 1 aliphatic heterocycles. The minimum atomic E-state index is -0.617. The maximum absolute atomic E-state index is 12.6. The number of thioether (sulfide) groups is 1. The van der Waals surface area contributed by atoms with Gasteiger partial charge in [-0.2, -0.15) is 0 Å². The molecule has 3 N–H and O–H groups in total. The zero-order valence-electron chi connectivity index (χ0n) is 23.6. The van der Waals surface area contributed by atoms with Crippen molar-refractivity contribution in [2.75, 3.05) is 17.6 Å². The average Bonchev–Trinajstić information content (AvgIpc) is 2.99. The van der Waals surface area contributed by atoms with Crippen LogP contribution in [-0.4, -0.2) is 40.3 Å². The van der Waals surface area contributed by atoms with E-state index in [-0.39, 0.29) is 36.5 Å². The fraction of sp³-hybridized carbons (Fsp3) is 0.406. The molecule has 2 amide bonds. The van der Waals surface area contributed by atoms with Crippen LogP contribution in [0.15, 0.2) is 78.0 Å². The van der Waals surface area contributed by atoms with Gasteiger partial charge in [0.15, 0.2) is 6.29 Å². The molecule has 41 heavy (non-hydrogen) atoms. The van der Waals surface area contributed by atoms with Crippen LogP contribution < -0.4 is 10.6 Å². The Labute approximate surface area is 246 Å². The van der Waals surface area contributed by atoms with Crippen molar-refractivity contribution in [3.8, 4) is 0 Å². The molecule has 218 valence electrons. The molecule has 3 aromatic rings. The Hall–Kier alpha value is -3.24. The van der Waals surface area contributed by atoms with Crippen molar-refractivity contribution in [2.45, 2.75) is 69.7 Å². The molecule has 1 aliphatic rings. The summed E-state index contributed by atoms with van der Waals surface area (Å²) in [6.45, 7) is 4.26. The predicted octanol–water partition coefficient (Wildman–Crippen LogP) is 5.79. The number of aliphatic hydroxyl groups excluding tert-OH is 1. The normalized spacial score (nSPS) is 20.4. The van der Waals surface area contributed by atoms with E-state index in [2.05, 4.69) is 22.5 Å². The lowest BCUT2D eigenvalue weighted by Gasteiger charge is -2.41. The van der Waals surface area contributed by atoms with Crippen molar-refractivity contribution in [3.63, 3.8) is 0 Å². The third-order valence-electron chi connectivity index (χ3n) is 7.05. The fourth-order valence-corrected chi connectivity index (χ4v) is 5.78. The quantitative estimate of drug-likeness (QED) is 0.174. The van der Waals surface area contributed by atoms with E-state index in [1.807, 2.05) is 66.7 Å². The van der Waals surface area contributed by atoms with Gasteiger partial charge in [0.25, 0.3) is 0 Å². The molecular weight excluding hydrogens is 538 g/mol. The van der Waals surface area contributed by atoms with Crippen LogP contribution in [0.25, 0.3) is 0 Å². The number of nitrogens with one attached hydrogen (secondary N) is 2. The number of nitrogens with zero attached hydrogens (tertiary/aromatic N) is 1. The molecule has 1 saturated heterocycles. The van der Waals surface area contributed by atoms with Gasteiger partial charge in [-0.3, -0.25) is 9.59 Å². The Morgan fingerprint density at radius 2 is 1.80 bits per heavy atom. The highest BCUT2D eigenvalue weighted by Crippen LogP contribution is 2.43. The second-order valence-corrected chi connectivity index (χ2v) is 11.3. The Kier molecular flexibility index (Phi) is 11.7. The van der Waals surface area contributed by atoms with Gasteiger partial charge in [-0.05, 0) is 48.2 Å². The van der Waals surface area contributed by atoms with E-state index in [4.69, 9.17) is 9.47 Å². The van der Waals surface area contributed by atoms with Gasteiger partial charge in [-0.1, -0.05) is 55.8 Å². The number of aliphatic hydroxyl groups is 1. The summed E-state index contributed by atoms with van der Waals surface area (Å²) in [6.07, 6.45) is 3.73. The molecule has 0 aliphatic carbocycles. The monoisotopic (exact) mass is 577 g/mol. The molecule has 0 saturated carbocycles. The summed E-state index contributed by atoms with van der Waals surface area (Å²) in [4.78, 5) is 28.0. The molecule has 0 radical (unpaired) electrons. The number of pyridine rings is 1. The predicted molar refractivity (Wildman–Crippen MR) is 160 cm³/mol. The second-order valence-electron chi connectivity index (χ2n) is 10.3. The molecular formula is C32H39N3O5S. The lowest BCUT2D eigenvalue weighted by molar-refractivity contribution is -0.268. The molecule has 4 unspecified atom stereocenters. The van der Waals surface area contributed by atoms with E-state index >= 15 is 0 Å². The number of benzene rings is 2. The average molecular weight is 578 g/mol. The molecule has 1 aromatic heterocycles. The second kappa shape index (κ2) is 15.7. The van der Waals surface area contributed by atoms with Crippen LogP contribution >= 0.6 is 11.8 Å². The summed E-state index contributed by atoms with van der Waals surface area (Å²) in [5.74, 6) is 0.692. The highest BCUT2D eigenvalue weighted by atomic mass is 32.2. The van der Waals surface area contributed by atoms with Gasteiger partial charge in [0.2, 0.25) is 11.8 Å². The van der Waals surface area contributed by atoms with E-state index < -0.39 is 6.29 Å². The van der Waals surface area contributed by atoms with Gasteiger partial charge in [0, 0.05) is 49.0 Å². The molecule has 4 atom stereocenters. The molecule has 0 spiro atoms. The number of anilines is 1. The van der Waals surface area contributed by atoms with Crippen LogP contribution in [0, 0.1) is 5.92 Å². The molecule has 4 rings (SSSR count). The number of ether oxygens (including phenoxy) is 2. The summed E-state index contributed by atoms with van der Waals surface area (Å²) in [7, 11) is 0. The minimum Gasteiger partial charge on any atom is -0.392 e. The third kappa shape index (κ3) is 9.39. The van der Waals surface area contributed by atoms with Crippen LogP contribution in [0.4, 0.5) is 5.69 Å². The Bertz CT molecular complexity index is 1260. The van der Waals surface area contributed by atoms with Crippen LogP contribution in [0.1, 0.15) is 68.6 Å². The Morgan fingerprint density at radius 1 is 0.976 bits per heavy atom. The first-order valence-corrected chi connectivity index (χ1v) is 15.1. The smallest absolute Gasteiger partial charge is 0.224 e. The number of unbranched alkanes of at least 4 members (excludes halogenated alkanes) is 2.